The second-order valence-electron chi connectivity index (χ2n) is 12.2. The Bertz CT molecular complexity index is 1390. The van der Waals surface area contributed by atoms with Crippen molar-refractivity contribution in [2.24, 2.45) is 23.7 Å². The molecule has 0 bridgehead atoms. The van der Waals surface area contributed by atoms with Gasteiger partial charge in [-0.25, -0.2) is 0 Å². The van der Waals surface area contributed by atoms with E-state index in [-0.39, 0.29) is 33.5 Å². The zero-order valence-corrected chi connectivity index (χ0v) is 25.8. The maximum Gasteiger partial charge on any atom is 0.297 e. The van der Waals surface area contributed by atoms with Crippen molar-refractivity contribution in [2.45, 2.75) is 89.2 Å². The van der Waals surface area contributed by atoms with Crippen molar-refractivity contribution in [3.63, 3.8) is 0 Å². The van der Waals surface area contributed by atoms with E-state index in [0.717, 1.165) is 11.1 Å². The Balaban J connectivity index is 1.57. The molecule has 216 valence electrons. The molecule has 2 unspecified atom stereocenters. The van der Waals surface area contributed by atoms with Gasteiger partial charge in [0.25, 0.3) is 20.2 Å². The van der Waals surface area contributed by atoms with E-state index in [4.69, 9.17) is 8.37 Å². The van der Waals surface area contributed by atoms with E-state index in [0.29, 0.717) is 25.7 Å². The van der Waals surface area contributed by atoms with Gasteiger partial charge >= 0.3 is 0 Å². The number of rotatable bonds is 6. The summed E-state index contributed by atoms with van der Waals surface area (Å²) in [6.45, 7) is 12.2. The minimum atomic E-state index is -4.03. The normalized spacial score (nSPS) is 29.2. The third-order valence-electron chi connectivity index (χ3n) is 9.51. The first kappa shape index (κ1) is 29.2. The van der Waals surface area contributed by atoms with Gasteiger partial charge < -0.3 is 0 Å². The third kappa shape index (κ3) is 5.60. The summed E-state index contributed by atoms with van der Waals surface area (Å²) in [5, 5.41) is 0. The van der Waals surface area contributed by atoms with Crippen molar-refractivity contribution in [1.82, 2.24) is 0 Å². The molecular formula is C32H40O6S2. The third-order valence-corrected chi connectivity index (χ3v) is 12.2. The summed E-state index contributed by atoms with van der Waals surface area (Å²) in [6, 6.07) is 13.5. The van der Waals surface area contributed by atoms with Crippen LogP contribution in [0.3, 0.4) is 0 Å². The molecule has 0 aliphatic heterocycles. The summed E-state index contributed by atoms with van der Waals surface area (Å²) in [6.07, 6.45) is 1.46. The summed E-state index contributed by atoms with van der Waals surface area (Å²) >= 11 is 0. The van der Waals surface area contributed by atoms with Crippen molar-refractivity contribution in [3.05, 3.63) is 82.0 Å². The number of aryl methyl sites for hydroxylation is 2. The highest BCUT2D eigenvalue weighted by Gasteiger charge is 2.55. The van der Waals surface area contributed by atoms with E-state index in [1.807, 2.05) is 13.8 Å². The lowest BCUT2D eigenvalue weighted by Crippen LogP contribution is -2.56. The Kier molecular flexibility index (Phi) is 7.94. The highest BCUT2D eigenvalue weighted by Crippen LogP contribution is 2.55. The van der Waals surface area contributed by atoms with Gasteiger partial charge in [0.15, 0.2) is 0 Å². The van der Waals surface area contributed by atoms with Gasteiger partial charge in [-0.2, -0.15) is 16.8 Å². The SMILES string of the molecule is CC1=C(C)C[C@@H]2C(OS(=O)(=O)c3ccc(C)cc3)[C@@H]3CC(C)=C(C)C[C@H]3C(OS(=O)(=O)c3ccc(C)cc3)[C@H]2C1. The predicted molar refractivity (Wildman–Crippen MR) is 156 cm³/mol. The van der Waals surface area contributed by atoms with E-state index < -0.39 is 32.4 Å². The molecule has 3 aliphatic rings. The van der Waals surface area contributed by atoms with E-state index in [9.17, 15) is 16.8 Å². The Morgan fingerprint density at radius 3 is 0.975 bits per heavy atom. The van der Waals surface area contributed by atoms with Crippen LogP contribution in [0.4, 0.5) is 0 Å². The number of allylic oxidation sites excluding steroid dienone is 4. The van der Waals surface area contributed by atoms with Crippen molar-refractivity contribution >= 4 is 20.2 Å². The Morgan fingerprint density at radius 2 is 0.725 bits per heavy atom. The highest BCUT2D eigenvalue weighted by atomic mass is 32.2. The van der Waals surface area contributed by atoms with Crippen LogP contribution >= 0.6 is 0 Å². The molecule has 0 spiro atoms. The zero-order valence-electron chi connectivity index (χ0n) is 24.2. The molecule has 3 aliphatic carbocycles. The molecule has 0 N–H and O–H groups in total. The predicted octanol–water partition coefficient (Wildman–Crippen LogP) is 6.89. The average Bonchev–Trinajstić information content (AvgIpc) is 2.89. The molecule has 2 aromatic rings. The lowest BCUT2D eigenvalue weighted by Gasteiger charge is -2.54. The summed E-state index contributed by atoms with van der Waals surface area (Å²) in [7, 11) is -8.06. The molecule has 1 saturated carbocycles. The van der Waals surface area contributed by atoms with Crippen molar-refractivity contribution in [3.8, 4) is 0 Å². The second kappa shape index (κ2) is 10.9. The maximum absolute atomic E-state index is 13.6. The van der Waals surface area contributed by atoms with Crippen LogP contribution in [-0.2, 0) is 28.6 Å². The fourth-order valence-corrected chi connectivity index (χ4v) is 9.21. The van der Waals surface area contributed by atoms with Gasteiger partial charge in [0, 0.05) is 0 Å². The fourth-order valence-electron chi connectivity index (χ4n) is 6.89. The molecule has 40 heavy (non-hydrogen) atoms. The van der Waals surface area contributed by atoms with Crippen molar-refractivity contribution in [1.29, 1.82) is 0 Å². The summed E-state index contributed by atoms with van der Waals surface area (Å²) < 4.78 is 66.8. The van der Waals surface area contributed by atoms with Gasteiger partial charge in [0.2, 0.25) is 0 Å². The van der Waals surface area contributed by atoms with Gasteiger partial charge in [-0.05, 0) is 115 Å². The van der Waals surface area contributed by atoms with Crippen LogP contribution in [0.1, 0.15) is 64.5 Å². The minimum Gasteiger partial charge on any atom is -0.262 e. The topological polar surface area (TPSA) is 86.7 Å². The lowest BCUT2D eigenvalue weighted by atomic mass is 9.56. The summed E-state index contributed by atoms with van der Waals surface area (Å²) in [4.78, 5) is 0.287. The largest absolute Gasteiger partial charge is 0.297 e. The van der Waals surface area contributed by atoms with Crippen molar-refractivity contribution < 1.29 is 25.2 Å². The molecule has 5 rings (SSSR count). The first-order chi connectivity index (χ1) is 18.8. The number of fused-ring (bicyclic) bond motifs is 2. The second-order valence-corrected chi connectivity index (χ2v) is 15.4. The quantitative estimate of drug-likeness (QED) is 0.271. The monoisotopic (exact) mass is 584 g/mol. The maximum atomic E-state index is 13.6. The number of benzene rings is 2. The summed E-state index contributed by atoms with van der Waals surface area (Å²) in [5.74, 6) is -0.742. The first-order valence-electron chi connectivity index (χ1n) is 14.1. The van der Waals surface area contributed by atoms with Crippen molar-refractivity contribution in [2.75, 3.05) is 0 Å². The summed E-state index contributed by atoms with van der Waals surface area (Å²) in [5.41, 5.74) is 6.78. The van der Waals surface area contributed by atoms with Crippen LogP contribution in [0.5, 0.6) is 0 Å². The number of hydrogen-bond acceptors (Lipinski definition) is 6. The molecule has 0 radical (unpaired) electrons. The minimum absolute atomic E-state index is 0.144. The smallest absolute Gasteiger partial charge is 0.262 e. The molecule has 0 heterocycles. The van der Waals surface area contributed by atoms with Gasteiger partial charge in [0.1, 0.15) is 0 Å². The van der Waals surface area contributed by atoms with Crippen LogP contribution < -0.4 is 0 Å². The van der Waals surface area contributed by atoms with Gasteiger partial charge in [-0.1, -0.05) is 57.7 Å². The molecule has 0 aromatic heterocycles. The van der Waals surface area contributed by atoms with E-state index in [2.05, 4.69) is 27.7 Å². The number of hydrogen-bond donors (Lipinski definition) is 0. The molecular weight excluding hydrogens is 544 g/mol. The zero-order chi connectivity index (χ0) is 29.0. The standard InChI is InChI=1S/C32H40O6S2/c1-19-7-11-25(12-8-19)39(33,34)37-31-27-15-21(3)23(5)17-29(27)32(30-18-24(6)22(4)16-28(30)31)38-40(35,36)26-13-9-20(2)10-14-26/h7-14,27-32H,15-18H2,1-6H3/t27-,28+,29-,30+,31?,32?. The highest BCUT2D eigenvalue weighted by molar-refractivity contribution is 7.87. The van der Waals surface area contributed by atoms with Crippen LogP contribution in [0, 0.1) is 37.5 Å². The molecule has 0 amide bonds. The fraction of sp³-hybridized carbons (Fsp3) is 0.500. The van der Waals surface area contributed by atoms with Crippen LogP contribution in [0.15, 0.2) is 80.6 Å². The van der Waals surface area contributed by atoms with Gasteiger partial charge in [0.05, 0.1) is 22.0 Å². The molecule has 8 heteroatoms. The van der Waals surface area contributed by atoms with E-state index in [1.54, 1.807) is 48.5 Å². The van der Waals surface area contributed by atoms with Crippen LogP contribution in [0.2, 0.25) is 0 Å². The molecule has 1 fully saturated rings. The van der Waals surface area contributed by atoms with Crippen LogP contribution in [-0.4, -0.2) is 29.0 Å². The molecule has 0 saturated heterocycles. The Labute approximate surface area is 239 Å². The van der Waals surface area contributed by atoms with E-state index >= 15 is 0 Å². The Hall–Kier alpha value is -2.26. The van der Waals surface area contributed by atoms with Crippen LogP contribution in [0.25, 0.3) is 0 Å². The van der Waals surface area contributed by atoms with Gasteiger partial charge in [-0.3, -0.25) is 8.37 Å². The van der Waals surface area contributed by atoms with Gasteiger partial charge in [-0.15, -0.1) is 0 Å². The lowest BCUT2D eigenvalue weighted by molar-refractivity contribution is -0.100. The molecule has 2 aromatic carbocycles. The first-order valence-corrected chi connectivity index (χ1v) is 16.9. The Morgan fingerprint density at radius 1 is 0.475 bits per heavy atom. The molecule has 6 nitrogen and oxygen atoms in total. The van der Waals surface area contributed by atoms with E-state index in [1.165, 1.54) is 22.3 Å². The average molecular weight is 585 g/mol. The molecule has 6 atom stereocenters.